The van der Waals surface area contributed by atoms with Crippen LogP contribution in [0.25, 0.3) is 10.2 Å². The van der Waals surface area contributed by atoms with Crippen LogP contribution in [0.5, 0.6) is 0 Å². The Morgan fingerprint density at radius 2 is 2.04 bits per heavy atom. The SMILES string of the molecule is Cc1sc2nc([C@H](C)N[C@@H](C)[C@H](C)n3cccn3)[nH]c(=O)c2c1C. The van der Waals surface area contributed by atoms with Crippen LogP contribution in [0.3, 0.4) is 0 Å². The van der Waals surface area contributed by atoms with Crippen molar-refractivity contribution in [3.63, 3.8) is 0 Å². The van der Waals surface area contributed by atoms with Gasteiger partial charge in [-0.2, -0.15) is 5.10 Å². The molecule has 3 aromatic heterocycles. The summed E-state index contributed by atoms with van der Waals surface area (Å²) in [7, 11) is 0. The van der Waals surface area contributed by atoms with Gasteiger partial charge in [0.1, 0.15) is 10.7 Å². The zero-order chi connectivity index (χ0) is 17.4. The predicted molar refractivity (Wildman–Crippen MR) is 97.7 cm³/mol. The molecule has 0 spiro atoms. The lowest BCUT2D eigenvalue weighted by Gasteiger charge is -2.25. The molecule has 0 amide bonds. The van der Waals surface area contributed by atoms with E-state index in [0.29, 0.717) is 11.2 Å². The molecule has 0 saturated heterocycles. The molecule has 0 aliphatic rings. The first kappa shape index (κ1) is 16.9. The van der Waals surface area contributed by atoms with Crippen LogP contribution in [0.4, 0.5) is 0 Å². The van der Waals surface area contributed by atoms with Gasteiger partial charge in [0, 0.05) is 23.3 Å². The van der Waals surface area contributed by atoms with Crippen molar-refractivity contribution in [2.45, 2.75) is 52.7 Å². The van der Waals surface area contributed by atoms with Crippen LogP contribution < -0.4 is 10.9 Å². The van der Waals surface area contributed by atoms with Crippen molar-refractivity contribution in [2.24, 2.45) is 0 Å². The number of fused-ring (bicyclic) bond motifs is 1. The van der Waals surface area contributed by atoms with Gasteiger partial charge in [-0.25, -0.2) is 4.98 Å². The number of aryl methyl sites for hydroxylation is 2. The summed E-state index contributed by atoms with van der Waals surface area (Å²) >= 11 is 1.57. The fourth-order valence-corrected chi connectivity index (χ4v) is 3.88. The van der Waals surface area contributed by atoms with Crippen molar-refractivity contribution in [3.05, 3.63) is 45.1 Å². The average Bonchev–Trinajstić information content (AvgIpc) is 3.15. The van der Waals surface area contributed by atoms with E-state index >= 15 is 0 Å². The zero-order valence-electron chi connectivity index (χ0n) is 14.6. The van der Waals surface area contributed by atoms with E-state index in [2.05, 4.69) is 34.2 Å². The summed E-state index contributed by atoms with van der Waals surface area (Å²) in [6, 6.07) is 2.23. The average molecular weight is 345 g/mol. The van der Waals surface area contributed by atoms with Gasteiger partial charge in [-0.3, -0.25) is 9.48 Å². The number of hydrogen-bond donors (Lipinski definition) is 2. The summed E-state index contributed by atoms with van der Waals surface area (Å²) in [5, 5.41) is 8.51. The molecule has 2 N–H and O–H groups in total. The standard InChI is InChI=1S/C17H23N5OS/c1-9-13(5)24-17-14(9)16(23)20-15(21-17)11(3)19-10(2)12(4)22-8-6-7-18-22/h6-8,10-12,19H,1-5H3,(H,20,21,23)/t10-,11-,12-/m0/s1. The highest BCUT2D eigenvalue weighted by Gasteiger charge is 2.20. The van der Waals surface area contributed by atoms with E-state index in [1.165, 1.54) is 0 Å². The molecule has 0 unspecified atom stereocenters. The Kier molecular flexibility index (Phi) is 4.56. The van der Waals surface area contributed by atoms with Crippen LogP contribution in [-0.4, -0.2) is 25.8 Å². The highest BCUT2D eigenvalue weighted by Crippen LogP contribution is 2.26. The molecule has 0 aliphatic heterocycles. The summed E-state index contributed by atoms with van der Waals surface area (Å²) in [6.45, 7) is 10.2. The van der Waals surface area contributed by atoms with Gasteiger partial charge in [0.15, 0.2) is 0 Å². The molecule has 7 heteroatoms. The van der Waals surface area contributed by atoms with E-state index in [0.717, 1.165) is 15.3 Å². The van der Waals surface area contributed by atoms with E-state index in [-0.39, 0.29) is 23.7 Å². The lowest BCUT2D eigenvalue weighted by molar-refractivity contribution is 0.337. The minimum Gasteiger partial charge on any atom is -0.309 e. The first-order valence-corrected chi connectivity index (χ1v) is 8.95. The highest BCUT2D eigenvalue weighted by molar-refractivity contribution is 7.18. The monoisotopic (exact) mass is 345 g/mol. The molecule has 0 aromatic carbocycles. The van der Waals surface area contributed by atoms with Crippen molar-refractivity contribution < 1.29 is 0 Å². The third-order valence-electron chi connectivity index (χ3n) is 4.65. The Bertz CT molecular complexity index is 896. The summed E-state index contributed by atoms with van der Waals surface area (Å²) in [6.07, 6.45) is 3.73. The van der Waals surface area contributed by atoms with E-state index in [9.17, 15) is 4.79 Å². The third-order valence-corrected chi connectivity index (χ3v) is 5.75. The number of H-pyrrole nitrogens is 1. The number of hydrogen-bond acceptors (Lipinski definition) is 5. The van der Waals surface area contributed by atoms with E-state index < -0.39 is 0 Å². The van der Waals surface area contributed by atoms with Gasteiger partial charge in [0.05, 0.1) is 17.5 Å². The molecule has 0 bridgehead atoms. The molecule has 128 valence electrons. The number of thiophene rings is 1. The Balaban J connectivity index is 1.83. The van der Waals surface area contributed by atoms with Crippen LogP contribution in [-0.2, 0) is 0 Å². The largest absolute Gasteiger partial charge is 0.309 e. The van der Waals surface area contributed by atoms with Gasteiger partial charge in [0.2, 0.25) is 0 Å². The number of nitrogens with one attached hydrogen (secondary N) is 2. The maximum absolute atomic E-state index is 12.4. The Morgan fingerprint density at radius 1 is 1.29 bits per heavy atom. The second-order valence-electron chi connectivity index (χ2n) is 6.32. The maximum atomic E-state index is 12.4. The quantitative estimate of drug-likeness (QED) is 0.745. The molecular formula is C17H23N5OS. The van der Waals surface area contributed by atoms with Crippen molar-refractivity contribution in [1.82, 2.24) is 25.1 Å². The van der Waals surface area contributed by atoms with E-state index in [1.54, 1.807) is 17.5 Å². The summed E-state index contributed by atoms with van der Waals surface area (Å²) in [5.41, 5.74) is 0.967. The molecule has 0 radical (unpaired) electrons. The molecule has 0 saturated carbocycles. The van der Waals surface area contributed by atoms with Gasteiger partial charge in [-0.05, 0) is 46.2 Å². The van der Waals surface area contributed by atoms with Crippen LogP contribution in [0.15, 0.2) is 23.3 Å². The molecule has 0 fully saturated rings. The minimum absolute atomic E-state index is 0.0572. The summed E-state index contributed by atoms with van der Waals surface area (Å²) in [5.74, 6) is 0.674. The van der Waals surface area contributed by atoms with Gasteiger partial charge in [-0.15, -0.1) is 11.3 Å². The molecule has 24 heavy (non-hydrogen) atoms. The number of aromatic amines is 1. The number of nitrogens with zero attached hydrogens (tertiary/aromatic N) is 3. The zero-order valence-corrected chi connectivity index (χ0v) is 15.4. The normalized spacial score (nSPS) is 15.5. The van der Waals surface area contributed by atoms with Crippen molar-refractivity contribution >= 4 is 21.6 Å². The molecule has 3 rings (SSSR count). The van der Waals surface area contributed by atoms with Crippen molar-refractivity contribution in [2.75, 3.05) is 0 Å². The summed E-state index contributed by atoms with van der Waals surface area (Å²) in [4.78, 5) is 22.0. The van der Waals surface area contributed by atoms with Crippen LogP contribution >= 0.6 is 11.3 Å². The predicted octanol–water partition coefficient (Wildman–Crippen LogP) is 3.10. The van der Waals surface area contributed by atoms with Gasteiger partial charge in [-0.1, -0.05) is 0 Å². The first-order valence-electron chi connectivity index (χ1n) is 8.13. The fraction of sp³-hybridized carbons (Fsp3) is 0.471. The van der Waals surface area contributed by atoms with Crippen LogP contribution in [0, 0.1) is 13.8 Å². The molecule has 3 atom stereocenters. The molecule has 6 nitrogen and oxygen atoms in total. The van der Waals surface area contributed by atoms with E-state index in [1.807, 2.05) is 37.7 Å². The topological polar surface area (TPSA) is 75.6 Å². The van der Waals surface area contributed by atoms with Crippen molar-refractivity contribution in [3.8, 4) is 0 Å². The van der Waals surface area contributed by atoms with E-state index in [4.69, 9.17) is 0 Å². The van der Waals surface area contributed by atoms with Crippen LogP contribution in [0.2, 0.25) is 0 Å². The Morgan fingerprint density at radius 3 is 2.71 bits per heavy atom. The lowest BCUT2D eigenvalue weighted by Crippen LogP contribution is -2.36. The lowest BCUT2D eigenvalue weighted by atomic mass is 10.1. The minimum atomic E-state index is -0.0576. The second-order valence-corrected chi connectivity index (χ2v) is 7.52. The number of rotatable bonds is 5. The number of aromatic nitrogens is 4. The van der Waals surface area contributed by atoms with Crippen molar-refractivity contribution in [1.29, 1.82) is 0 Å². The molecule has 0 aliphatic carbocycles. The van der Waals surface area contributed by atoms with Gasteiger partial charge >= 0.3 is 0 Å². The second kappa shape index (κ2) is 6.49. The first-order chi connectivity index (χ1) is 11.4. The highest BCUT2D eigenvalue weighted by atomic mass is 32.1. The Hall–Kier alpha value is -1.99. The smallest absolute Gasteiger partial charge is 0.259 e. The molecular weight excluding hydrogens is 322 g/mol. The fourth-order valence-electron chi connectivity index (χ4n) is 2.84. The molecule has 3 heterocycles. The molecule has 3 aromatic rings. The maximum Gasteiger partial charge on any atom is 0.259 e. The van der Waals surface area contributed by atoms with Gasteiger partial charge < -0.3 is 10.3 Å². The Labute approximate surface area is 144 Å². The van der Waals surface area contributed by atoms with Gasteiger partial charge in [0.25, 0.3) is 5.56 Å². The third kappa shape index (κ3) is 3.01. The van der Waals surface area contributed by atoms with Crippen LogP contribution in [0.1, 0.15) is 49.1 Å². The summed E-state index contributed by atoms with van der Waals surface area (Å²) < 4.78 is 1.93.